The monoisotopic (exact) mass is 359 g/mol. The summed E-state index contributed by atoms with van der Waals surface area (Å²) in [5.41, 5.74) is 4.21. The molecule has 4 aromatic rings. The average Bonchev–Trinajstić information content (AvgIpc) is 2.73. The number of rotatable bonds is 5. The molecule has 0 bridgehead atoms. The van der Waals surface area contributed by atoms with Crippen LogP contribution in [0.4, 0.5) is 5.69 Å². The van der Waals surface area contributed by atoms with Crippen molar-refractivity contribution in [2.45, 2.75) is 4.90 Å². The number of hydrogen-bond acceptors (Lipinski definition) is 5. The smallest absolute Gasteiger partial charge is 0.118 e. The predicted octanol–water partition coefficient (Wildman–Crippen LogP) is 5.42. The molecule has 0 saturated heterocycles. The van der Waals surface area contributed by atoms with Crippen molar-refractivity contribution in [1.82, 2.24) is 9.97 Å². The largest absolute Gasteiger partial charge is 0.497 e. The molecule has 0 saturated carbocycles. The fourth-order valence-corrected chi connectivity index (χ4v) is 3.46. The van der Waals surface area contributed by atoms with E-state index >= 15 is 0 Å². The Morgan fingerprint density at radius 3 is 2.46 bits per heavy atom. The Labute approximate surface area is 156 Å². The topological polar surface area (TPSA) is 47.0 Å². The fraction of sp³-hybridized carbons (Fsp3) is 0.0476. The van der Waals surface area contributed by atoms with E-state index in [1.54, 1.807) is 19.1 Å². The molecule has 0 spiro atoms. The van der Waals surface area contributed by atoms with Crippen LogP contribution in [0.5, 0.6) is 5.75 Å². The van der Waals surface area contributed by atoms with Crippen LogP contribution in [-0.2, 0) is 0 Å². The zero-order chi connectivity index (χ0) is 17.8. The van der Waals surface area contributed by atoms with E-state index in [9.17, 15) is 0 Å². The molecule has 0 aliphatic rings. The van der Waals surface area contributed by atoms with Crippen LogP contribution in [0.15, 0.2) is 84.1 Å². The Kier molecular flexibility index (Phi) is 4.71. The Bertz CT molecular complexity index is 1020. The Balaban J connectivity index is 1.66. The number of nitrogens with zero attached hydrogens (tertiary/aromatic N) is 2. The van der Waals surface area contributed by atoms with Crippen LogP contribution in [0, 0.1) is 0 Å². The van der Waals surface area contributed by atoms with Crippen LogP contribution < -0.4 is 9.46 Å². The van der Waals surface area contributed by atoms with Crippen molar-refractivity contribution in [3.8, 4) is 16.9 Å². The van der Waals surface area contributed by atoms with Crippen LogP contribution in [0.1, 0.15) is 0 Å². The molecule has 2 aromatic heterocycles. The van der Waals surface area contributed by atoms with Crippen LogP contribution in [0.3, 0.4) is 0 Å². The molecule has 0 radical (unpaired) electrons. The highest BCUT2D eigenvalue weighted by Gasteiger charge is 2.09. The summed E-state index contributed by atoms with van der Waals surface area (Å²) in [6.07, 6.45) is 5.44. The van der Waals surface area contributed by atoms with Gasteiger partial charge >= 0.3 is 0 Å². The maximum atomic E-state index is 5.20. The van der Waals surface area contributed by atoms with Crippen molar-refractivity contribution in [1.29, 1.82) is 0 Å². The van der Waals surface area contributed by atoms with Gasteiger partial charge in [0.05, 0.1) is 18.3 Å². The Morgan fingerprint density at radius 2 is 1.69 bits per heavy atom. The lowest BCUT2D eigenvalue weighted by Crippen LogP contribution is -1.92. The van der Waals surface area contributed by atoms with Gasteiger partial charge in [-0.15, -0.1) is 0 Å². The highest BCUT2D eigenvalue weighted by molar-refractivity contribution is 8.00. The van der Waals surface area contributed by atoms with Gasteiger partial charge in [0.1, 0.15) is 5.75 Å². The van der Waals surface area contributed by atoms with E-state index < -0.39 is 0 Å². The molecular weight excluding hydrogens is 342 g/mol. The first-order chi connectivity index (χ1) is 12.8. The second-order valence-corrected chi connectivity index (χ2v) is 6.56. The number of benzene rings is 2. The number of anilines is 1. The van der Waals surface area contributed by atoms with E-state index in [0.717, 1.165) is 38.4 Å². The van der Waals surface area contributed by atoms with Gasteiger partial charge in [0.2, 0.25) is 0 Å². The minimum atomic E-state index is 0.850. The first-order valence-corrected chi connectivity index (χ1v) is 9.02. The second-order valence-electron chi connectivity index (χ2n) is 5.68. The molecule has 26 heavy (non-hydrogen) atoms. The first-order valence-electron chi connectivity index (χ1n) is 8.20. The standard InChI is InChI=1S/C21H17N3OS/c1-25-16-4-6-17(7-5-16)26-24-20-9-8-18(15-10-13-22-14-11-15)19-3-2-12-23-21(19)20/h2-14,24H,1H3. The zero-order valence-corrected chi connectivity index (χ0v) is 15.0. The molecule has 0 atom stereocenters. The van der Waals surface area contributed by atoms with Gasteiger partial charge < -0.3 is 9.46 Å². The Hall–Kier alpha value is -3.05. The molecule has 1 N–H and O–H groups in total. The van der Waals surface area contributed by atoms with Gasteiger partial charge in [0.15, 0.2) is 0 Å². The van der Waals surface area contributed by atoms with E-state index in [2.05, 4.69) is 32.9 Å². The summed E-state index contributed by atoms with van der Waals surface area (Å²) in [5.74, 6) is 0.850. The third-order valence-corrected chi connectivity index (χ3v) is 4.93. The lowest BCUT2D eigenvalue weighted by Gasteiger charge is -2.12. The average molecular weight is 359 g/mol. The SMILES string of the molecule is COc1ccc(SNc2ccc(-c3ccncc3)c3cccnc23)cc1. The molecular formula is C21H17N3OS. The summed E-state index contributed by atoms with van der Waals surface area (Å²) in [5, 5.41) is 1.11. The van der Waals surface area contributed by atoms with E-state index in [0.29, 0.717) is 0 Å². The van der Waals surface area contributed by atoms with Crippen molar-refractivity contribution in [3.63, 3.8) is 0 Å². The molecule has 4 nitrogen and oxygen atoms in total. The Morgan fingerprint density at radius 1 is 0.885 bits per heavy atom. The van der Waals surface area contributed by atoms with Gasteiger partial charge in [0, 0.05) is 28.9 Å². The van der Waals surface area contributed by atoms with Gasteiger partial charge in [-0.1, -0.05) is 12.1 Å². The number of hydrogen-bond donors (Lipinski definition) is 1. The summed E-state index contributed by atoms with van der Waals surface area (Å²) < 4.78 is 8.62. The quantitative estimate of drug-likeness (QED) is 0.482. The molecule has 0 unspecified atom stereocenters. The van der Waals surface area contributed by atoms with Crippen LogP contribution in [0.2, 0.25) is 0 Å². The van der Waals surface area contributed by atoms with Crippen LogP contribution in [-0.4, -0.2) is 17.1 Å². The van der Waals surface area contributed by atoms with Crippen LogP contribution in [0.25, 0.3) is 22.0 Å². The van der Waals surface area contributed by atoms with E-state index in [-0.39, 0.29) is 0 Å². The zero-order valence-electron chi connectivity index (χ0n) is 14.2. The third kappa shape index (κ3) is 3.34. The summed E-state index contributed by atoms with van der Waals surface area (Å²) >= 11 is 1.55. The molecule has 2 heterocycles. The minimum Gasteiger partial charge on any atom is -0.497 e. The highest BCUT2D eigenvalue weighted by Crippen LogP contribution is 2.33. The first kappa shape index (κ1) is 16.4. The van der Waals surface area contributed by atoms with Crippen molar-refractivity contribution in [3.05, 3.63) is 79.3 Å². The van der Waals surface area contributed by atoms with Gasteiger partial charge in [0.25, 0.3) is 0 Å². The predicted molar refractivity (Wildman–Crippen MR) is 107 cm³/mol. The normalized spacial score (nSPS) is 10.7. The molecule has 0 fully saturated rings. The lowest BCUT2D eigenvalue weighted by atomic mass is 10.0. The van der Waals surface area contributed by atoms with E-state index in [4.69, 9.17) is 4.74 Å². The minimum absolute atomic E-state index is 0.850. The second kappa shape index (κ2) is 7.45. The molecule has 5 heteroatoms. The van der Waals surface area contributed by atoms with E-state index in [1.807, 2.05) is 61.1 Å². The summed E-state index contributed by atoms with van der Waals surface area (Å²) in [4.78, 5) is 9.80. The van der Waals surface area contributed by atoms with Crippen LogP contribution >= 0.6 is 11.9 Å². The van der Waals surface area contributed by atoms with Crippen molar-refractivity contribution >= 4 is 28.5 Å². The maximum absolute atomic E-state index is 5.20. The number of nitrogens with one attached hydrogen (secondary N) is 1. The summed E-state index contributed by atoms with van der Waals surface area (Å²) in [7, 11) is 1.67. The summed E-state index contributed by atoms with van der Waals surface area (Å²) in [6, 6.07) is 20.2. The molecule has 0 aliphatic heterocycles. The molecule has 4 rings (SSSR count). The molecule has 0 amide bonds. The van der Waals surface area contributed by atoms with Gasteiger partial charge in [-0.2, -0.15) is 0 Å². The number of pyridine rings is 2. The molecule has 0 aliphatic carbocycles. The third-order valence-electron chi connectivity index (χ3n) is 4.10. The maximum Gasteiger partial charge on any atom is 0.118 e. The van der Waals surface area contributed by atoms with Crippen molar-refractivity contribution < 1.29 is 4.74 Å². The summed E-state index contributed by atoms with van der Waals surface area (Å²) in [6.45, 7) is 0. The molecule has 128 valence electrons. The lowest BCUT2D eigenvalue weighted by molar-refractivity contribution is 0.414. The van der Waals surface area contributed by atoms with E-state index in [1.165, 1.54) is 0 Å². The number of methoxy groups -OCH3 is 1. The number of fused-ring (bicyclic) bond motifs is 1. The van der Waals surface area contributed by atoms with Gasteiger partial charge in [-0.05, 0) is 71.6 Å². The fourth-order valence-electron chi connectivity index (χ4n) is 2.80. The highest BCUT2D eigenvalue weighted by atomic mass is 32.2. The van der Waals surface area contributed by atoms with Gasteiger partial charge in [-0.25, -0.2) is 0 Å². The van der Waals surface area contributed by atoms with Crippen molar-refractivity contribution in [2.24, 2.45) is 0 Å². The van der Waals surface area contributed by atoms with Gasteiger partial charge in [-0.3, -0.25) is 9.97 Å². The van der Waals surface area contributed by atoms with Crippen molar-refractivity contribution in [2.75, 3.05) is 11.8 Å². The number of aromatic nitrogens is 2. The molecule has 2 aromatic carbocycles. The number of ether oxygens (including phenoxy) is 1.